The molecule has 1 fully saturated rings. The van der Waals surface area contributed by atoms with Gasteiger partial charge in [-0.1, -0.05) is 12.1 Å². The van der Waals surface area contributed by atoms with Crippen LogP contribution in [0.1, 0.15) is 18.4 Å². The second-order valence-corrected chi connectivity index (χ2v) is 5.94. The summed E-state index contributed by atoms with van der Waals surface area (Å²) in [5, 5.41) is 9.18. The molecule has 6 nitrogen and oxygen atoms in total. The van der Waals surface area contributed by atoms with Crippen LogP contribution in [0, 0.1) is 11.7 Å². The maximum atomic E-state index is 13.3. The highest BCUT2D eigenvalue weighted by Gasteiger charge is 2.27. The molecule has 1 aliphatic rings. The lowest BCUT2D eigenvalue weighted by Crippen LogP contribution is -2.42. The second-order valence-electron chi connectivity index (χ2n) is 5.94. The minimum atomic E-state index is -0.851. The molecule has 24 heavy (non-hydrogen) atoms. The summed E-state index contributed by atoms with van der Waals surface area (Å²) in [6.45, 7) is 1.12. The van der Waals surface area contributed by atoms with Crippen LogP contribution in [-0.4, -0.2) is 33.7 Å². The molecule has 1 saturated heterocycles. The number of carbonyl (C=O) groups is 1. The number of rotatable bonds is 4. The summed E-state index contributed by atoms with van der Waals surface area (Å²) in [7, 11) is 0. The van der Waals surface area contributed by atoms with Gasteiger partial charge in [-0.15, -0.1) is 0 Å². The molecule has 1 atom stereocenters. The summed E-state index contributed by atoms with van der Waals surface area (Å²) in [5.74, 6) is -1.44. The van der Waals surface area contributed by atoms with Gasteiger partial charge in [0.25, 0.3) is 5.56 Å². The molecular formula is C17H18FN3O3. The van der Waals surface area contributed by atoms with Crippen molar-refractivity contribution in [2.24, 2.45) is 5.92 Å². The molecule has 1 aromatic carbocycles. The van der Waals surface area contributed by atoms with Crippen molar-refractivity contribution in [2.45, 2.75) is 19.4 Å². The van der Waals surface area contributed by atoms with Crippen LogP contribution in [0.2, 0.25) is 0 Å². The molecule has 0 spiro atoms. The van der Waals surface area contributed by atoms with E-state index in [-0.39, 0.29) is 30.3 Å². The maximum absolute atomic E-state index is 13.3. The lowest BCUT2D eigenvalue weighted by Gasteiger charge is -2.31. The van der Waals surface area contributed by atoms with Crippen molar-refractivity contribution in [1.29, 1.82) is 0 Å². The van der Waals surface area contributed by atoms with Gasteiger partial charge in [0, 0.05) is 25.5 Å². The number of anilines is 1. The molecule has 0 saturated carbocycles. The zero-order chi connectivity index (χ0) is 17.1. The van der Waals surface area contributed by atoms with E-state index in [9.17, 15) is 19.1 Å². The lowest BCUT2D eigenvalue weighted by atomic mass is 9.98. The molecule has 2 heterocycles. The van der Waals surface area contributed by atoms with E-state index in [1.165, 1.54) is 22.9 Å². The molecule has 0 aliphatic carbocycles. The maximum Gasteiger partial charge on any atom is 0.308 e. The molecule has 0 unspecified atom stereocenters. The molecule has 0 amide bonds. The summed E-state index contributed by atoms with van der Waals surface area (Å²) in [6, 6.07) is 6.08. The Balaban J connectivity index is 1.85. The van der Waals surface area contributed by atoms with Crippen molar-refractivity contribution in [3.05, 3.63) is 58.4 Å². The predicted octanol–water partition coefficient (Wildman–Crippen LogP) is 1.73. The highest BCUT2D eigenvalue weighted by Crippen LogP contribution is 2.19. The van der Waals surface area contributed by atoms with Gasteiger partial charge in [0.1, 0.15) is 5.82 Å². The van der Waals surface area contributed by atoms with E-state index in [1.54, 1.807) is 23.2 Å². The van der Waals surface area contributed by atoms with Crippen molar-refractivity contribution in [3.8, 4) is 0 Å². The Kier molecular flexibility index (Phi) is 4.59. The number of hydrogen-bond donors (Lipinski definition) is 1. The first-order valence-electron chi connectivity index (χ1n) is 7.82. The van der Waals surface area contributed by atoms with Crippen molar-refractivity contribution in [3.63, 3.8) is 0 Å². The molecular weight excluding hydrogens is 313 g/mol. The van der Waals surface area contributed by atoms with Crippen LogP contribution in [0.15, 0.2) is 41.5 Å². The molecule has 0 radical (unpaired) electrons. The number of nitrogens with zero attached hydrogens (tertiary/aromatic N) is 3. The number of carboxylic acids is 1. The average Bonchev–Trinajstić information content (AvgIpc) is 2.57. The van der Waals surface area contributed by atoms with Gasteiger partial charge in [0.2, 0.25) is 0 Å². The second kappa shape index (κ2) is 6.82. The van der Waals surface area contributed by atoms with Crippen molar-refractivity contribution >= 4 is 11.8 Å². The van der Waals surface area contributed by atoms with Crippen LogP contribution < -0.4 is 10.5 Å². The highest BCUT2D eigenvalue weighted by molar-refractivity contribution is 5.71. The number of aliphatic carboxylic acids is 1. The minimum Gasteiger partial charge on any atom is -0.481 e. The van der Waals surface area contributed by atoms with Gasteiger partial charge in [-0.25, -0.2) is 9.37 Å². The van der Waals surface area contributed by atoms with Gasteiger partial charge in [-0.3, -0.25) is 9.59 Å². The third-order valence-corrected chi connectivity index (χ3v) is 4.21. The van der Waals surface area contributed by atoms with Crippen molar-refractivity contribution in [2.75, 3.05) is 18.0 Å². The van der Waals surface area contributed by atoms with Gasteiger partial charge >= 0.3 is 5.97 Å². The number of halogens is 1. The lowest BCUT2D eigenvalue weighted by molar-refractivity contribution is -0.141. The van der Waals surface area contributed by atoms with Crippen LogP contribution in [0.3, 0.4) is 0 Å². The zero-order valence-electron chi connectivity index (χ0n) is 13.1. The van der Waals surface area contributed by atoms with Crippen LogP contribution in [-0.2, 0) is 11.3 Å². The van der Waals surface area contributed by atoms with Gasteiger partial charge in [-0.05, 0) is 30.5 Å². The SMILES string of the molecule is O=C(O)[C@@H]1CCCN(c2nccn(Cc3cccc(F)c3)c2=O)C1. The largest absolute Gasteiger partial charge is 0.481 e. The van der Waals surface area contributed by atoms with Crippen LogP contribution in [0.25, 0.3) is 0 Å². The first kappa shape index (κ1) is 16.2. The first-order valence-corrected chi connectivity index (χ1v) is 7.82. The van der Waals surface area contributed by atoms with Crippen molar-refractivity contribution < 1.29 is 14.3 Å². The standard InChI is InChI=1S/C17H18FN3O3/c18-14-5-1-3-12(9-14)10-21-8-6-19-15(16(21)22)20-7-2-4-13(11-20)17(23)24/h1,3,5-6,8-9,13H,2,4,7,10-11H2,(H,23,24)/t13-/m1/s1. The summed E-state index contributed by atoms with van der Waals surface area (Å²) in [6.07, 6.45) is 4.38. The fourth-order valence-electron chi connectivity index (χ4n) is 2.98. The Morgan fingerprint density at radius 2 is 2.25 bits per heavy atom. The number of hydrogen-bond acceptors (Lipinski definition) is 4. The molecule has 1 aromatic heterocycles. The minimum absolute atomic E-state index is 0.238. The van der Waals surface area contributed by atoms with Crippen molar-refractivity contribution in [1.82, 2.24) is 9.55 Å². The van der Waals surface area contributed by atoms with E-state index in [0.717, 1.165) is 0 Å². The van der Waals surface area contributed by atoms with E-state index in [4.69, 9.17) is 0 Å². The van der Waals surface area contributed by atoms with Crippen LogP contribution in [0.4, 0.5) is 10.2 Å². The summed E-state index contributed by atoms with van der Waals surface area (Å²) >= 11 is 0. The normalized spacial score (nSPS) is 17.7. The Bertz CT molecular complexity index is 806. The van der Waals surface area contributed by atoms with Crippen LogP contribution in [0.5, 0.6) is 0 Å². The number of piperidine rings is 1. The van der Waals surface area contributed by atoms with E-state index in [1.807, 2.05) is 0 Å². The van der Waals surface area contributed by atoms with E-state index in [2.05, 4.69) is 4.98 Å². The Labute approximate surface area is 138 Å². The number of aromatic nitrogens is 2. The fourth-order valence-corrected chi connectivity index (χ4v) is 2.98. The molecule has 126 valence electrons. The molecule has 1 aliphatic heterocycles. The smallest absolute Gasteiger partial charge is 0.308 e. The fraction of sp³-hybridized carbons (Fsp3) is 0.353. The number of carboxylic acid groups (broad SMARTS) is 1. The molecule has 3 rings (SSSR count). The van der Waals surface area contributed by atoms with E-state index < -0.39 is 11.9 Å². The van der Waals surface area contributed by atoms with Gasteiger partial charge < -0.3 is 14.6 Å². The molecule has 7 heteroatoms. The molecule has 2 aromatic rings. The highest BCUT2D eigenvalue weighted by atomic mass is 19.1. The van der Waals surface area contributed by atoms with E-state index in [0.29, 0.717) is 24.9 Å². The third-order valence-electron chi connectivity index (χ3n) is 4.21. The average molecular weight is 331 g/mol. The summed E-state index contributed by atoms with van der Waals surface area (Å²) in [5.41, 5.74) is 0.379. The Morgan fingerprint density at radius 3 is 3.00 bits per heavy atom. The molecule has 1 N–H and O–H groups in total. The quantitative estimate of drug-likeness (QED) is 0.923. The van der Waals surface area contributed by atoms with Gasteiger partial charge in [-0.2, -0.15) is 0 Å². The monoisotopic (exact) mass is 331 g/mol. The van der Waals surface area contributed by atoms with Crippen LogP contribution >= 0.6 is 0 Å². The third kappa shape index (κ3) is 3.45. The summed E-state index contributed by atoms with van der Waals surface area (Å²) < 4.78 is 14.8. The first-order chi connectivity index (χ1) is 11.5. The Morgan fingerprint density at radius 1 is 1.42 bits per heavy atom. The molecule has 0 bridgehead atoms. The zero-order valence-corrected chi connectivity index (χ0v) is 13.1. The number of benzene rings is 1. The predicted molar refractivity (Wildman–Crippen MR) is 86.6 cm³/mol. The van der Waals surface area contributed by atoms with Gasteiger partial charge in [0.05, 0.1) is 12.5 Å². The topological polar surface area (TPSA) is 75.4 Å². The van der Waals surface area contributed by atoms with Gasteiger partial charge in [0.15, 0.2) is 5.82 Å². The Hall–Kier alpha value is -2.70. The van der Waals surface area contributed by atoms with E-state index >= 15 is 0 Å². The summed E-state index contributed by atoms with van der Waals surface area (Å²) in [4.78, 5) is 29.7.